The van der Waals surface area contributed by atoms with E-state index in [-0.39, 0.29) is 11.9 Å². The fourth-order valence-electron chi connectivity index (χ4n) is 1.60. The lowest BCUT2D eigenvalue weighted by Crippen LogP contribution is -2.17. The zero-order valence-corrected chi connectivity index (χ0v) is 9.63. The second kappa shape index (κ2) is 5.81. The van der Waals surface area contributed by atoms with Gasteiger partial charge in [0, 0.05) is 12.2 Å². The lowest BCUT2D eigenvalue weighted by Gasteiger charge is -2.17. The maximum Gasteiger partial charge on any atom is 0.141 e. The molecule has 2 nitrogen and oxygen atoms in total. The van der Waals surface area contributed by atoms with Crippen LogP contribution in [0, 0.1) is 11.7 Å². The largest absolute Gasteiger partial charge is 0.313 e. The molecule has 1 rings (SSSR count). The van der Waals surface area contributed by atoms with E-state index in [9.17, 15) is 4.39 Å². The summed E-state index contributed by atoms with van der Waals surface area (Å²) in [6.45, 7) is 4.38. The molecule has 15 heavy (non-hydrogen) atoms. The molecule has 0 fully saturated rings. The summed E-state index contributed by atoms with van der Waals surface area (Å²) in [5.41, 5.74) is 0.929. The standard InChI is InChI=1S/C12H19FN2/c1-9(2)4-5-12(14-3)10-6-11(13)8-15-7-10/h6-9,12,14H,4-5H2,1-3H3. The van der Waals surface area contributed by atoms with E-state index in [1.807, 2.05) is 7.05 Å². The molecule has 0 aromatic carbocycles. The highest BCUT2D eigenvalue weighted by atomic mass is 19.1. The van der Waals surface area contributed by atoms with Crippen LogP contribution in [0.15, 0.2) is 18.5 Å². The van der Waals surface area contributed by atoms with Gasteiger partial charge in [-0.1, -0.05) is 13.8 Å². The van der Waals surface area contributed by atoms with Crippen molar-refractivity contribution in [1.29, 1.82) is 0 Å². The lowest BCUT2D eigenvalue weighted by molar-refractivity contribution is 0.462. The second-order valence-electron chi connectivity index (χ2n) is 4.25. The van der Waals surface area contributed by atoms with E-state index in [2.05, 4.69) is 24.1 Å². The topological polar surface area (TPSA) is 24.9 Å². The first-order valence-electron chi connectivity index (χ1n) is 5.41. The van der Waals surface area contributed by atoms with Gasteiger partial charge in [-0.3, -0.25) is 4.98 Å². The van der Waals surface area contributed by atoms with Crippen LogP contribution in [0.25, 0.3) is 0 Å². The summed E-state index contributed by atoms with van der Waals surface area (Å²) in [7, 11) is 1.90. The molecule has 0 amide bonds. The first-order valence-corrected chi connectivity index (χ1v) is 5.41. The monoisotopic (exact) mass is 210 g/mol. The number of halogens is 1. The molecular weight excluding hydrogens is 191 g/mol. The summed E-state index contributed by atoms with van der Waals surface area (Å²) in [5.74, 6) is 0.402. The van der Waals surface area contributed by atoms with Gasteiger partial charge in [-0.05, 0) is 37.4 Å². The first-order chi connectivity index (χ1) is 7.13. The molecule has 0 bridgehead atoms. The molecule has 0 saturated carbocycles. The van der Waals surface area contributed by atoms with E-state index >= 15 is 0 Å². The highest BCUT2D eigenvalue weighted by Crippen LogP contribution is 2.20. The van der Waals surface area contributed by atoms with Gasteiger partial charge in [-0.25, -0.2) is 4.39 Å². The van der Waals surface area contributed by atoms with Crippen LogP contribution in [-0.2, 0) is 0 Å². The van der Waals surface area contributed by atoms with Crippen molar-refractivity contribution in [3.8, 4) is 0 Å². The zero-order valence-electron chi connectivity index (χ0n) is 9.63. The average Bonchev–Trinajstić information content (AvgIpc) is 2.18. The van der Waals surface area contributed by atoms with Gasteiger partial charge in [0.05, 0.1) is 6.20 Å². The Morgan fingerprint density at radius 2 is 2.07 bits per heavy atom. The minimum atomic E-state index is -0.266. The summed E-state index contributed by atoms with van der Waals surface area (Å²) in [6, 6.07) is 1.75. The molecule has 1 atom stereocenters. The van der Waals surface area contributed by atoms with Gasteiger partial charge in [-0.2, -0.15) is 0 Å². The Balaban J connectivity index is 2.65. The van der Waals surface area contributed by atoms with Gasteiger partial charge in [0.25, 0.3) is 0 Å². The summed E-state index contributed by atoms with van der Waals surface area (Å²) < 4.78 is 13.0. The predicted octanol–water partition coefficient (Wildman–Crippen LogP) is 2.92. The third-order valence-electron chi connectivity index (χ3n) is 2.51. The Kier molecular flexibility index (Phi) is 4.69. The predicted molar refractivity (Wildman–Crippen MR) is 60.1 cm³/mol. The number of nitrogens with one attached hydrogen (secondary N) is 1. The lowest BCUT2D eigenvalue weighted by atomic mass is 9.99. The van der Waals surface area contributed by atoms with E-state index in [0.29, 0.717) is 5.92 Å². The minimum absolute atomic E-state index is 0.204. The summed E-state index contributed by atoms with van der Waals surface area (Å²) in [6.07, 6.45) is 5.10. The van der Waals surface area contributed by atoms with Gasteiger partial charge < -0.3 is 5.32 Å². The molecule has 0 radical (unpaired) electrons. The first kappa shape index (κ1) is 12.1. The molecule has 84 valence electrons. The van der Waals surface area contributed by atoms with Gasteiger partial charge in [0.15, 0.2) is 0 Å². The number of nitrogens with zero attached hydrogens (tertiary/aromatic N) is 1. The van der Waals surface area contributed by atoms with Crippen molar-refractivity contribution in [3.63, 3.8) is 0 Å². The number of pyridine rings is 1. The number of aromatic nitrogens is 1. The average molecular weight is 210 g/mol. The molecule has 0 aliphatic rings. The van der Waals surface area contributed by atoms with Crippen LogP contribution < -0.4 is 5.32 Å². The fourth-order valence-corrected chi connectivity index (χ4v) is 1.60. The smallest absolute Gasteiger partial charge is 0.141 e. The van der Waals surface area contributed by atoms with Crippen molar-refractivity contribution in [2.24, 2.45) is 5.92 Å². The number of hydrogen-bond donors (Lipinski definition) is 1. The molecule has 0 spiro atoms. The van der Waals surface area contributed by atoms with Crippen molar-refractivity contribution in [2.45, 2.75) is 32.7 Å². The van der Waals surface area contributed by atoms with E-state index in [4.69, 9.17) is 0 Å². The maximum absolute atomic E-state index is 13.0. The SMILES string of the molecule is CNC(CCC(C)C)c1cncc(F)c1. The fraction of sp³-hybridized carbons (Fsp3) is 0.583. The van der Waals surface area contributed by atoms with Crippen LogP contribution >= 0.6 is 0 Å². The molecule has 3 heteroatoms. The zero-order chi connectivity index (χ0) is 11.3. The Morgan fingerprint density at radius 3 is 2.60 bits per heavy atom. The molecule has 1 aromatic rings. The van der Waals surface area contributed by atoms with E-state index in [1.54, 1.807) is 12.3 Å². The van der Waals surface area contributed by atoms with Gasteiger partial charge in [0.2, 0.25) is 0 Å². The maximum atomic E-state index is 13.0. The molecule has 0 aliphatic heterocycles. The van der Waals surface area contributed by atoms with Crippen molar-refractivity contribution < 1.29 is 4.39 Å². The minimum Gasteiger partial charge on any atom is -0.313 e. The summed E-state index contributed by atoms with van der Waals surface area (Å²) in [4.78, 5) is 3.87. The Bertz CT molecular complexity index is 299. The number of rotatable bonds is 5. The van der Waals surface area contributed by atoms with Crippen LogP contribution in [0.2, 0.25) is 0 Å². The summed E-state index contributed by atoms with van der Waals surface area (Å²) >= 11 is 0. The second-order valence-corrected chi connectivity index (χ2v) is 4.25. The Hall–Kier alpha value is -0.960. The quantitative estimate of drug-likeness (QED) is 0.808. The third-order valence-corrected chi connectivity index (χ3v) is 2.51. The van der Waals surface area contributed by atoms with Crippen LogP contribution in [-0.4, -0.2) is 12.0 Å². The molecular formula is C12H19FN2. The van der Waals surface area contributed by atoms with E-state index < -0.39 is 0 Å². The van der Waals surface area contributed by atoms with Crippen LogP contribution in [0.3, 0.4) is 0 Å². The molecule has 0 aliphatic carbocycles. The highest BCUT2D eigenvalue weighted by molar-refractivity contribution is 5.14. The van der Waals surface area contributed by atoms with Crippen molar-refractivity contribution in [3.05, 3.63) is 29.8 Å². The normalized spacial score (nSPS) is 13.1. The summed E-state index contributed by atoms with van der Waals surface area (Å²) in [5, 5.41) is 3.19. The molecule has 1 N–H and O–H groups in total. The Labute approximate surface area is 90.9 Å². The molecule has 0 saturated heterocycles. The molecule has 1 unspecified atom stereocenters. The van der Waals surface area contributed by atoms with Crippen molar-refractivity contribution >= 4 is 0 Å². The van der Waals surface area contributed by atoms with Crippen molar-refractivity contribution in [1.82, 2.24) is 10.3 Å². The van der Waals surface area contributed by atoms with Crippen LogP contribution in [0.1, 0.15) is 38.3 Å². The van der Waals surface area contributed by atoms with Gasteiger partial charge in [-0.15, -0.1) is 0 Å². The number of hydrogen-bond acceptors (Lipinski definition) is 2. The van der Waals surface area contributed by atoms with Gasteiger partial charge >= 0.3 is 0 Å². The molecule has 1 aromatic heterocycles. The Morgan fingerprint density at radius 1 is 1.33 bits per heavy atom. The molecule has 1 heterocycles. The van der Waals surface area contributed by atoms with Crippen molar-refractivity contribution in [2.75, 3.05) is 7.05 Å². The highest BCUT2D eigenvalue weighted by Gasteiger charge is 2.10. The van der Waals surface area contributed by atoms with Gasteiger partial charge in [0.1, 0.15) is 5.82 Å². The van der Waals surface area contributed by atoms with Crippen LogP contribution in [0.4, 0.5) is 4.39 Å². The van der Waals surface area contributed by atoms with Crippen LogP contribution in [0.5, 0.6) is 0 Å². The third kappa shape index (κ3) is 3.96. The van der Waals surface area contributed by atoms with E-state index in [1.165, 1.54) is 6.20 Å². The van der Waals surface area contributed by atoms with E-state index in [0.717, 1.165) is 18.4 Å².